The predicted molar refractivity (Wildman–Crippen MR) is 74.8 cm³/mol. The number of nitrogens with one attached hydrogen (secondary N) is 1. The van der Waals surface area contributed by atoms with E-state index in [9.17, 15) is 0 Å². The lowest BCUT2D eigenvalue weighted by atomic mass is 9.81. The van der Waals surface area contributed by atoms with Crippen LogP contribution in [0.3, 0.4) is 0 Å². The molecule has 0 aliphatic rings. The van der Waals surface area contributed by atoms with E-state index in [4.69, 9.17) is 0 Å². The highest BCUT2D eigenvalue weighted by atomic mass is 15.3. The first-order chi connectivity index (χ1) is 8.40. The number of hydrogen-bond donors (Lipinski definition) is 1. The van der Waals surface area contributed by atoms with E-state index in [1.54, 1.807) is 6.33 Å². The lowest BCUT2D eigenvalue weighted by Crippen LogP contribution is -2.29. The fourth-order valence-corrected chi connectivity index (χ4v) is 1.70. The van der Waals surface area contributed by atoms with Crippen LogP contribution in [0.4, 0.5) is 5.82 Å². The number of anilines is 1. The van der Waals surface area contributed by atoms with Crippen LogP contribution in [-0.2, 0) is 0 Å². The maximum absolute atomic E-state index is 4.25. The summed E-state index contributed by atoms with van der Waals surface area (Å²) >= 11 is 0. The van der Waals surface area contributed by atoms with Crippen molar-refractivity contribution in [3.05, 3.63) is 24.0 Å². The summed E-state index contributed by atoms with van der Waals surface area (Å²) in [5.41, 5.74) is 2.33. The summed E-state index contributed by atoms with van der Waals surface area (Å²) in [4.78, 5) is 4.23. The Morgan fingerprint density at radius 3 is 2.72 bits per heavy atom. The quantitative estimate of drug-likeness (QED) is 0.901. The molecule has 0 unspecified atom stereocenters. The topological polar surface area (TPSA) is 42.2 Å². The number of pyridine rings is 1. The van der Waals surface area contributed by atoms with Crippen LogP contribution in [0, 0.1) is 18.3 Å². The number of rotatable bonds is 4. The molecule has 4 nitrogen and oxygen atoms in total. The van der Waals surface area contributed by atoms with E-state index in [2.05, 4.69) is 56.1 Å². The highest BCUT2D eigenvalue weighted by Gasteiger charge is 2.22. The van der Waals surface area contributed by atoms with Crippen molar-refractivity contribution in [2.45, 2.75) is 34.6 Å². The van der Waals surface area contributed by atoms with Crippen LogP contribution in [-0.4, -0.2) is 21.1 Å². The van der Waals surface area contributed by atoms with Gasteiger partial charge in [0.05, 0.1) is 0 Å². The van der Waals surface area contributed by atoms with Gasteiger partial charge in [-0.3, -0.25) is 0 Å². The van der Waals surface area contributed by atoms with E-state index in [0.29, 0.717) is 5.92 Å². The van der Waals surface area contributed by atoms with Gasteiger partial charge in [0.1, 0.15) is 12.1 Å². The van der Waals surface area contributed by atoms with E-state index in [1.807, 2.05) is 10.6 Å². The first kappa shape index (κ1) is 12.9. The number of aromatic nitrogens is 3. The van der Waals surface area contributed by atoms with Crippen molar-refractivity contribution in [2.75, 3.05) is 11.9 Å². The Hall–Kier alpha value is -1.58. The van der Waals surface area contributed by atoms with Crippen LogP contribution in [0.15, 0.2) is 18.5 Å². The minimum atomic E-state index is 0.247. The van der Waals surface area contributed by atoms with Crippen molar-refractivity contribution in [1.29, 1.82) is 0 Å². The molecule has 0 fully saturated rings. The summed E-state index contributed by atoms with van der Waals surface area (Å²) in [7, 11) is 0. The fraction of sp³-hybridized carbons (Fsp3) is 0.571. The molecule has 4 heteroatoms. The molecule has 1 N–H and O–H groups in total. The van der Waals surface area contributed by atoms with Gasteiger partial charge >= 0.3 is 0 Å². The maximum Gasteiger partial charge on any atom is 0.157 e. The summed E-state index contributed by atoms with van der Waals surface area (Å²) in [6.45, 7) is 12.1. The summed E-state index contributed by atoms with van der Waals surface area (Å²) in [5, 5.41) is 7.75. The molecule has 0 spiro atoms. The first-order valence-corrected chi connectivity index (χ1v) is 6.44. The van der Waals surface area contributed by atoms with Crippen LogP contribution in [0.5, 0.6) is 0 Å². The van der Waals surface area contributed by atoms with Gasteiger partial charge in [0.2, 0.25) is 0 Å². The van der Waals surface area contributed by atoms with Gasteiger partial charge in [-0.25, -0.2) is 4.98 Å². The van der Waals surface area contributed by atoms with Crippen molar-refractivity contribution < 1.29 is 0 Å². The Labute approximate surface area is 108 Å². The van der Waals surface area contributed by atoms with E-state index in [1.165, 1.54) is 5.56 Å². The predicted octanol–water partition coefficient (Wildman–Crippen LogP) is 3.13. The van der Waals surface area contributed by atoms with E-state index in [-0.39, 0.29) is 5.41 Å². The van der Waals surface area contributed by atoms with E-state index in [0.717, 1.165) is 18.0 Å². The van der Waals surface area contributed by atoms with Gasteiger partial charge in [0.15, 0.2) is 5.65 Å². The summed E-state index contributed by atoms with van der Waals surface area (Å²) in [6.07, 6.45) is 1.59. The molecule has 0 saturated heterocycles. The molecule has 0 amide bonds. The molecule has 98 valence electrons. The molecular formula is C14H22N4. The monoisotopic (exact) mass is 246 g/mol. The number of fused-ring (bicyclic) bond motifs is 1. The lowest BCUT2D eigenvalue weighted by molar-refractivity contribution is 0.269. The van der Waals surface area contributed by atoms with E-state index < -0.39 is 0 Å². The molecule has 18 heavy (non-hydrogen) atoms. The minimum Gasteiger partial charge on any atom is -0.369 e. The van der Waals surface area contributed by atoms with Crippen molar-refractivity contribution in [3.63, 3.8) is 0 Å². The maximum atomic E-state index is 4.25. The molecule has 0 saturated carbocycles. The van der Waals surface area contributed by atoms with Gasteiger partial charge in [-0.15, -0.1) is 0 Å². The minimum absolute atomic E-state index is 0.247. The first-order valence-electron chi connectivity index (χ1n) is 6.44. The Balaban J connectivity index is 2.24. The third kappa shape index (κ3) is 2.47. The molecule has 0 bridgehead atoms. The number of hydrogen-bond acceptors (Lipinski definition) is 3. The second-order valence-corrected chi connectivity index (χ2v) is 5.94. The molecule has 2 heterocycles. The largest absolute Gasteiger partial charge is 0.369 e. The van der Waals surface area contributed by atoms with Gasteiger partial charge in [0, 0.05) is 6.54 Å². The Kier molecular flexibility index (Phi) is 3.28. The normalized spacial score (nSPS) is 12.3. The zero-order valence-corrected chi connectivity index (χ0v) is 11.9. The summed E-state index contributed by atoms with van der Waals surface area (Å²) in [6, 6.07) is 4.14. The molecule has 0 atom stereocenters. The zero-order chi connectivity index (χ0) is 13.3. The van der Waals surface area contributed by atoms with Gasteiger partial charge in [-0.05, 0) is 36.0 Å². The Morgan fingerprint density at radius 1 is 1.33 bits per heavy atom. The van der Waals surface area contributed by atoms with Crippen LogP contribution in [0.1, 0.15) is 33.3 Å². The SMILES string of the molecule is Cc1cc(NCC(C)(C)C(C)C)n2ncnc2c1. The highest BCUT2D eigenvalue weighted by molar-refractivity contribution is 5.51. The summed E-state index contributed by atoms with van der Waals surface area (Å²) < 4.78 is 1.85. The molecule has 2 aromatic rings. The van der Waals surface area contributed by atoms with Crippen molar-refractivity contribution in [2.24, 2.45) is 11.3 Å². The average molecular weight is 246 g/mol. The van der Waals surface area contributed by atoms with Crippen LogP contribution in [0.25, 0.3) is 5.65 Å². The molecule has 2 rings (SSSR count). The molecule has 0 aromatic carbocycles. The Bertz CT molecular complexity index is 540. The molecule has 0 radical (unpaired) electrons. The standard InChI is InChI=1S/C14H22N4/c1-10(2)14(4,5)8-15-12-6-11(3)7-13-16-9-17-18(12)13/h6-7,9-10,15H,8H2,1-5H3. The van der Waals surface area contributed by atoms with Gasteiger partial charge in [-0.1, -0.05) is 27.7 Å². The molecular weight excluding hydrogens is 224 g/mol. The fourth-order valence-electron chi connectivity index (χ4n) is 1.70. The van der Waals surface area contributed by atoms with Crippen LogP contribution >= 0.6 is 0 Å². The van der Waals surface area contributed by atoms with Crippen LogP contribution in [0.2, 0.25) is 0 Å². The molecule has 0 aliphatic carbocycles. The number of aryl methyl sites for hydroxylation is 1. The number of nitrogens with zero attached hydrogens (tertiary/aromatic N) is 3. The second kappa shape index (κ2) is 4.59. The van der Waals surface area contributed by atoms with Crippen molar-refractivity contribution in [1.82, 2.24) is 14.6 Å². The highest BCUT2D eigenvalue weighted by Crippen LogP contribution is 2.26. The third-order valence-corrected chi connectivity index (χ3v) is 3.81. The lowest BCUT2D eigenvalue weighted by Gasteiger charge is -2.29. The van der Waals surface area contributed by atoms with Crippen LogP contribution < -0.4 is 5.32 Å². The molecule has 0 aliphatic heterocycles. The van der Waals surface area contributed by atoms with Gasteiger partial charge < -0.3 is 5.32 Å². The van der Waals surface area contributed by atoms with Crippen molar-refractivity contribution in [3.8, 4) is 0 Å². The third-order valence-electron chi connectivity index (χ3n) is 3.81. The van der Waals surface area contributed by atoms with Gasteiger partial charge in [-0.2, -0.15) is 9.61 Å². The molecule has 2 aromatic heterocycles. The smallest absolute Gasteiger partial charge is 0.157 e. The van der Waals surface area contributed by atoms with E-state index >= 15 is 0 Å². The van der Waals surface area contributed by atoms with Gasteiger partial charge in [0.25, 0.3) is 0 Å². The zero-order valence-electron chi connectivity index (χ0n) is 11.9. The van der Waals surface area contributed by atoms with Crippen molar-refractivity contribution >= 4 is 11.5 Å². The second-order valence-electron chi connectivity index (χ2n) is 5.94. The Morgan fingerprint density at radius 2 is 2.06 bits per heavy atom. The average Bonchev–Trinajstić information content (AvgIpc) is 2.73. The summed E-state index contributed by atoms with van der Waals surface area (Å²) in [5.74, 6) is 1.64.